The molecule has 1 aliphatic heterocycles. The molecular weight excluding hydrogens is 256 g/mol. The minimum Gasteiger partial charge on any atom is -0.463 e. The van der Waals surface area contributed by atoms with Gasteiger partial charge in [0.2, 0.25) is 0 Å². The number of ether oxygens (including phenoxy) is 4. The van der Waals surface area contributed by atoms with Crippen molar-refractivity contribution in [1.82, 2.24) is 0 Å². The first-order valence-corrected chi connectivity index (χ1v) is 5.94. The SMILES string of the molecule is CC(=O)OC[C@H]1OC(C)[C@H](OC(C)=O)[C@@H]1OC(C)=O. The van der Waals surface area contributed by atoms with Crippen LogP contribution in [0.3, 0.4) is 0 Å². The summed E-state index contributed by atoms with van der Waals surface area (Å²) >= 11 is 0. The second kappa shape index (κ2) is 6.51. The molecule has 7 nitrogen and oxygen atoms in total. The molecule has 1 aliphatic rings. The van der Waals surface area contributed by atoms with Gasteiger partial charge in [-0.15, -0.1) is 0 Å². The van der Waals surface area contributed by atoms with E-state index in [9.17, 15) is 14.4 Å². The van der Waals surface area contributed by atoms with Gasteiger partial charge in [-0.25, -0.2) is 0 Å². The van der Waals surface area contributed by atoms with Crippen molar-refractivity contribution in [2.24, 2.45) is 0 Å². The van der Waals surface area contributed by atoms with Gasteiger partial charge in [0, 0.05) is 20.8 Å². The van der Waals surface area contributed by atoms with E-state index in [2.05, 4.69) is 0 Å². The van der Waals surface area contributed by atoms with E-state index in [4.69, 9.17) is 18.9 Å². The van der Waals surface area contributed by atoms with Crippen LogP contribution in [0.25, 0.3) is 0 Å². The maximum absolute atomic E-state index is 11.1. The number of hydrogen-bond donors (Lipinski definition) is 0. The molecule has 0 aromatic heterocycles. The summed E-state index contributed by atoms with van der Waals surface area (Å²) < 4.78 is 20.6. The van der Waals surface area contributed by atoms with E-state index >= 15 is 0 Å². The fourth-order valence-electron chi connectivity index (χ4n) is 1.93. The van der Waals surface area contributed by atoms with Crippen LogP contribution >= 0.6 is 0 Å². The maximum Gasteiger partial charge on any atom is 0.303 e. The molecule has 0 N–H and O–H groups in total. The first kappa shape index (κ1) is 15.4. The molecule has 4 atom stereocenters. The van der Waals surface area contributed by atoms with Gasteiger partial charge in [0.15, 0.2) is 12.2 Å². The second-order valence-corrected chi connectivity index (χ2v) is 4.33. The Morgan fingerprint density at radius 3 is 1.95 bits per heavy atom. The molecule has 1 rings (SSSR count). The average molecular weight is 274 g/mol. The molecule has 1 saturated heterocycles. The van der Waals surface area contributed by atoms with Crippen molar-refractivity contribution >= 4 is 17.9 Å². The van der Waals surface area contributed by atoms with Gasteiger partial charge in [-0.05, 0) is 6.92 Å². The lowest BCUT2D eigenvalue weighted by molar-refractivity contribution is -0.165. The molecule has 1 fully saturated rings. The molecular formula is C12H18O7. The van der Waals surface area contributed by atoms with Crippen LogP contribution < -0.4 is 0 Å². The normalized spacial score (nSPS) is 29.7. The lowest BCUT2D eigenvalue weighted by atomic mass is 10.1. The van der Waals surface area contributed by atoms with Crippen molar-refractivity contribution in [3.63, 3.8) is 0 Å². The summed E-state index contributed by atoms with van der Waals surface area (Å²) in [6.45, 7) is 5.41. The Hall–Kier alpha value is -1.63. The van der Waals surface area contributed by atoms with Gasteiger partial charge in [-0.1, -0.05) is 0 Å². The number of esters is 3. The molecule has 0 aliphatic carbocycles. The lowest BCUT2D eigenvalue weighted by Gasteiger charge is -2.22. The van der Waals surface area contributed by atoms with Crippen LogP contribution in [-0.2, 0) is 33.3 Å². The summed E-state index contributed by atoms with van der Waals surface area (Å²) in [7, 11) is 0. The van der Waals surface area contributed by atoms with E-state index in [1.807, 2.05) is 0 Å². The highest BCUT2D eigenvalue weighted by Crippen LogP contribution is 2.27. The van der Waals surface area contributed by atoms with Crippen molar-refractivity contribution in [2.75, 3.05) is 6.61 Å². The van der Waals surface area contributed by atoms with Crippen molar-refractivity contribution in [2.45, 2.75) is 52.1 Å². The van der Waals surface area contributed by atoms with Gasteiger partial charge in [0.05, 0.1) is 6.10 Å². The Bertz CT molecular complexity index is 365. The Balaban J connectivity index is 2.76. The van der Waals surface area contributed by atoms with Gasteiger partial charge < -0.3 is 18.9 Å². The van der Waals surface area contributed by atoms with E-state index in [1.165, 1.54) is 20.8 Å². The van der Waals surface area contributed by atoms with Crippen molar-refractivity contribution in [3.05, 3.63) is 0 Å². The van der Waals surface area contributed by atoms with Crippen LogP contribution in [0.1, 0.15) is 27.7 Å². The highest BCUT2D eigenvalue weighted by Gasteiger charge is 2.47. The zero-order valence-corrected chi connectivity index (χ0v) is 11.4. The van der Waals surface area contributed by atoms with Crippen molar-refractivity contribution in [3.8, 4) is 0 Å². The highest BCUT2D eigenvalue weighted by molar-refractivity contribution is 5.67. The van der Waals surface area contributed by atoms with Crippen LogP contribution in [0.5, 0.6) is 0 Å². The third-order valence-corrected chi connectivity index (χ3v) is 2.60. The topological polar surface area (TPSA) is 88.1 Å². The van der Waals surface area contributed by atoms with Gasteiger partial charge in [0.25, 0.3) is 0 Å². The smallest absolute Gasteiger partial charge is 0.303 e. The first-order valence-electron chi connectivity index (χ1n) is 5.94. The van der Waals surface area contributed by atoms with Crippen molar-refractivity contribution in [1.29, 1.82) is 0 Å². The molecule has 0 aromatic rings. The summed E-state index contributed by atoms with van der Waals surface area (Å²) in [5, 5.41) is 0. The molecule has 19 heavy (non-hydrogen) atoms. The summed E-state index contributed by atoms with van der Waals surface area (Å²) in [6.07, 6.45) is -2.58. The molecule has 0 aromatic carbocycles. The van der Waals surface area contributed by atoms with Gasteiger partial charge in [-0.3, -0.25) is 14.4 Å². The fraction of sp³-hybridized carbons (Fsp3) is 0.750. The van der Waals surface area contributed by atoms with Crippen LogP contribution in [0, 0.1) is 0 Å². The molecule has 108 valence electrons. The third kappa shape index (κ3) is 4.51. The van der Waals surface area contributed by atoms with Crippen molar-refractivity contribution < 1.29 is 33.3 Å². The molecule has 0 amide bonds. The minimum atomic E-state index is -0.782. The predicted octanol–water partition coefficient (Wildman–Crippen LogP) is 0.200. The van der Waals surface area contributed by atoms with E-state index < -0.39 is 42.3 Å². The molecule has 1 unspecified atom stereocenters. The number of rotatable bonds is 4. The van der Waals surface area contributed by atoms with E-state index in [0.29, 0.717) is 0 Å². The minimum absolute atomic E-state index is 0.0601. The number of carbonyl (C=O) groups is 3. The van der Waals surface area contributed by atoms with E-state index in [1.54, 1.807) is 6.92 Å². The molecule has 0 bridgehead atoms. The van der Waals surface area contributed by atoms with Crippen LogP contribution in [0.2, 0.25) is 0 Å². The Morgan fingerprint density at radius 2 is 1.47 bits per heavy atom. The van der Waals surface area contributed by atoms with Crippen LogP contribution in [0.15, 0.2) is 0 Å². The van der Waals surface area contributed by atoms with Gasteiger partial charge >= 0.3 is 17.9 Å². The third-order valence-electron chi connectivity index (χ3n) is 2.60. The average Bonchev–Trinajstić information content (AvgIpc) is 2.53. The summed E-state index contributed by atoms with van der Waals surface area (Å²) in [5.74, 6) is -1.48. The Labute approximate surface area is 111 Å². The zero-order valence-electron chi connectivity index (χ0n) is 11.4. The predicted molar refractivity (Wildman–Crippen MR) is 62.1 cm³/mol. The molecule has 0 saturated carbocycles. The van der Waals surface area contributed by atoms with Crippen LogP contribution in [0.4, 0.5) is 0 Å². The van der Waals surface area contributed by atoms with Gasteiger partial charge in [-0.2, -0.15) is 0 Å². The molecule has 0 spiro atoms. The Kier molecular flexibility index (Phi) is 5.29. The van der Waals surface area contributed by atoms with E-state index in [-0.39, 0.29) is 6.61 Å². The molecule has 1 heterocycles. The number of hydrogen-bond acceptors (Lipinski definition) is 7. The molecule has 7 heteroatoms. The zero-order chi connectivity index (χ0) is 14.6. The number of carbonyl (C=O) groups excluding carboxylic acids is 3. The second-order valence-electron chi connectivity index (χ2n) is 4.33. The summed E-state index contributed by atoms with van der Waals surface area (Å²) in [4.78, 5) is 32.9. The molecule has 0 radical (unpaired) electrons. The summed E-state index contributed by atoms with van der Waals surface area (Å²) in [5.41, 5.74) is 0. The van der Waals surface area contributed by atoms with Gasteiger partial charge in [0.1, 0.15) is 12.7 Å². The standard InChI is InChI=1S/C12H18O7/c1-6-11(18-8(3)14)12(19-9(4)15)10(17-6)5-16-7(2)13/h6,10-12H,5H2,1-4H3/t6?,10-,11+,12-/m1/s1. The highest BCUT2D eigenvalue weighted by atomic mass is 16.6. The summed E-state index contributed by atoms with van der Waals surface area (Å²) in [6, 6.07) is 0. The quantitative estimate of drug-likeness (QED) is 0.534. The first-order chi connectivity index (χ1) is 8.81. The largest absolute Gasteiger partial charge is 0.463 e. The lowest BCUT2D eigenvalue weighted by Crippen LogP contribution is -2.40. The monoisotopic (exact) mass is 274 g/mol. The maximum atomic E-state index is 11.1. The van der Waals surface area contributed by atoms with Crippen LogP contribution in [-0.4, -0.2) is 48.9 Å². The van der Waals surface area contributed by atoms with E-state index in [0.717, 1.165) is 0 Å². The Morgan fingerprint density at radius 1 is 0.947 bits per heavy atom. The fourth-order valence-corrected chi connectivity index (χ4v) is 1.93.